The Bertz CT molecular complexity index is 317. The van der Waals surface area contributed by atoms with E-state index in [0.29, 0.717) is 6.54 Å². The second-order valence-corrected chi connectivity index (χ2v) is 8.47. The Morgan fingerprint density at radius 3 is 2.00 bits per heavy atom. The Balaban J connectivity index is 4.34. The first kappa shape index (κ1) is 16.9. The maximum Gasteiger partial charge on any atom is 0.155 e. The van der Waals surface area contributed by atoms with Gasteiger partial charge in [-0.2, -0.15) is 0 Å². The molecule has 0 heterocycles. The summed E-state index contributed by atoms with van der Waals surface area (Å²) >= 11 is 0. The zero-order valence-corrected chi connectivity index (χ0v) is 12.6. The largest absolute Gasteiger partial charge is 0.391 e. The minimum Gasteiger partial charge on any atom is -0.391 e. The fourth-order valence-corrected chi connectivity index (χ4v) is 3.10. The molecule has 0 rings (SSSR count). The number of hydrogen-bond donors (Lipinski definition) is 2. The summed E-state index contributed by atoms with van der Waals surface area (Å²) in [6.45, 7) is 11.7. The Labute approximate surface area is 106 Å². The van der Waals surface area contributed by atoms with Gasteiger partial charge >= 0.3 is 0 Å². The van der Waals surface area contributed by atoms with Gasteiger partial charge in [-0.05, 0) is 33.6 Å². The van der Waals surface area contributed by atoms with Crippen molar-refractivity contribution in [1.82, 2.24) is 5.32 Å². The molecule has 2 atom stereocenters. The molecule has 0 saturated heterocycles. The van der Waals surface area contributed by atoms with Gasteiger partial charge in [0, 0.05) is 12.1 Å². The maximum atomic E-state index is 11.9. The Hall–Kier alpha value is -0.130. The third-order valence-corrected chi connectivity index (χ3v) is 5.32. The van der Waals surface area contributed by atoms with Crippen molar-refractivity contribution in [2.24, 2.45) is 5.92 Å². The number of nitrogens with one attached hydrogen (secondary N) is 1. The fourth-order valence-electron chi connectivity index (χ4n) is 1.32. The molecule has 0 fully saturated rings. The predicted molar refractivity (Wildman–Crippen MR) is 71.8 cm³/mol. The number of aliphatic hydroxyl groups is 1. The highest BCUT2D eigenvalue weighted by molar-refractivity contribution is 7.92. The van der Waals surface area contributed by atoms with Gasteiger partial charge in [0.2, 0.25) is 0 Å². The van der Waals surface area contributed by atoms with Crippen molar-refractivity contribution < 1.29 is 13.5 Å². The van der Waals surface area contributed by atoms with Gasteiger partial charge in [0.15, 0.2) is 9.84 Å². The van der Waals surface area contributed by atoms with Crippen LogP contribution in [0.4, 0.5) is 0 Å². The van der Waals surface area contributed by atoms with Crippen LogP contribution in [0, 0.1) is 5.92 Å². The molecule has 104 valence electrons. The smallest absolute Gasteiger partial charge is 0.155 e. The highest BCUT2D eigenvalue weighted by atomic mass is 32.2. The second-order valence-electron chi connectivity index (χ2n) is 6.06. The summed E-state index contributed by atoms with van der Waals surface area (Å²) in [5.41, 5.74) is -0.117. The van der Waals surface area contributed by atoms with Crippen LogP contribution in [0.15, 0.2) is 0 Å². The van der Waals surface area contributed by atoms with E-state index in [9.17, 15) is 13.5 Å². The Kier molecular flexibility index (Phi) is 6.11. The minimum atomic E-state index is -3.22. The normalized spacial score (nSPS) is 17.2. The van der Waals surface area contributed by atoms with Gasteiger partial charge < -0.3 is 10.4 Å². The summed E-state index contributed by atoms with van der Waals surface area (Å²) in [6, 6.07) is 0. The molecule has 0 saturated carbocycles. The van der Waals surface area contributed by atoms with Gasteiger partial charge in [-0.3, -0.25) is 0 Å². The molecular weight excluding hydrogens is 238 g/mol. The van der Waals surface area contributed by atoms with Gasteiger partial charge in [-0.25, -0.2) is 8.42 Å². The van der Waals surface area contributed by atoms with Crippen LogP contribution in [0.25, 0.3) is 0 Å². The van der Waals surface area contributed by atoms with Crippen LogP contribution in [0.2, 0.25) is 0 Å². The quantitative estimate of drug-likeness (QED) is 0.757. The van der Waals surface area contributed by atoms with Gasteiger partial charge in [-0.15, -0.1) is 0 Å². The topological polar surface area (TPSA) is 66.4 Å². The summed E-state index contributed by atoms with van der Waals surface area (Å²) in [6.07, 6.45) is -0.847. The van der Waals surface area contributed by atoms with Crippen LogP contribution in [-0.2, 0) is 9.84 Å². The van der Waals surface area contributed by atoms with E-state index in [-0.39, 0.29) is 17.2 Å². The number of sulfone groups is 1. The summed E-state index contributed by atoms with van der Waals surface area (Å²) in [7, 11) is -3.22. The molecule has 5 heteroatoms. The van der Waals surface area contributed by atoms with E-state index < -0.39 is 21.2 Å². The van der Waals surface area contributed by atoms with E-state index in [4.69, 9.17) is 0 Å². The lowest BCUT2D eigenvalue weighted by molar-refractivity contribution is 0.181. The summed E-state index contributed by atoms with van der Waals surface area (Å²) in [5.74, 6) is -0.0992. The molecule has 0 radical (unpaired) electrons. The Morgan fingerprint density at radius 1 is 1.18 bits per heavy atom. The van der Waals surface area contributed by atoms with Crippen molar-refractivity contribution in [1.29, 1.82) is 0 Å². The molecule has 0 amide bonds. The lowest BCUT2D eigenvalue weighted by atomic mass is 10.1. The fraction of sp³-hybridized carbons (Fsp3) is 1.00. The van der Waals surface area contributed by atoms with Crippen molar-refractivity contribution in [2.45, 2.75) is 58.4 Å². The van der Waals surface area contributed by atoms with Crippen LogP contribution < -0.4 is 5.32 Å². The standard InChI is InChI=1S/C12H27NO3S/c1-9(2)10(3)17(15,16)8-11(14)7-13-12(4,5)6/h9-11,13-14H,7-8H2,1-6H3. The van der Waals surface area contributed by atoms with Crippen LogP contribution >= 0.6 is 0 Å². The van der Waals surface area contributed by atoms with Crippen LogP contribution in [0.5, 0.6) is 0 Å². The van der Waals surface area contributed by atoms with Gasteiger partial charge in [0.1, 0.15) is 0 Å². The second kappa shape index (κ2) is 6.16. The average Bonchev–Trinajstić information content (AvgIpc) is 2.11. The first-order valence-corrected chi connectivity index (χ1v) is 7.82. The van der Waals surface area contributed by atoms with Crippen LogP contribution in [0.1, 0.15) is 41.5 Å². The third kappa shape index (κ3) is 7.01. The number of β-amino-alcohol motifs (C(OH)–C–C–N with tert-alkyl or cyclic N) is 1. The molecule has 0 bridgehead atoms. The summed E-state index contributed by atoms with van der Waals surface area (Å²) in [4.78, 5) is 0. The van der Waals surface area contributed by atoms with Gasteiger partial charge in [0.25, 0.3) is 0 Å². The van der Waals surface area contributed by atoms with E-state index in [1.807, 2.05) is 34.6 Å². The lowest BCUT2D eigenvalue weighted by Gasteiger charge is -2.24. The molecule has 0 aliphatic rings. The molecule has 0 spiro atoms. The molecule has 0 aromatic rings. The highest BCUT2D eigenvalue weighted by Gasteiger charge is 2.27. The van der Waals surface area contributed by atoms with Gasteiger partial charge in [-0.1, -0.05) is 13.8 Å². The predicted octanol–water partition coefficient (Wildman–Crippen LogP) is 1.19. The van der Waals surface area contributed by atoms with E-state index in [1.165, 1.54) is 0 Å². The van der Waals surface area contributed by atoms with Crippen LogP contribution in [-0.4, -0.2) is 42.7 Å². The molecule has 2 unspecified atom stereocenters. The number of hydrogen-bond acceptors (Lipinski definition) is 4. The molecule has 0 aromatic carbocycles. The van der Waals surface area contributed by atoms with Crippen molar-refractivity contribution in [3.05, 3.63) is 0 Å². The van der Waals surface area contributed by atoms with E-state index in [1.54, 1.807) is 6.92 Å². The lowest BCUT2D eigenvalue weighted by Crippen LogP contribution is -2.44. The average molecular weight is 265 g/mol. The zero-order chi connectivity index (χ0) is 13.9. The van der Waals surface area contributed by atoms with E-state index in [0.717, 1.165) is 0 Å². The molecule has 4 nitrogen and oxygen atoms in total. The first-order valence-electron chi connectivity index (χ1n) is 6.10. The zero-order valence-electron chi connectivity index (χ0n) is 11.8. The molecule has 2 N–H and O–H groups in total. The molecular formula is C12H27NO3S. The van der Waals surface area contributed by atoms with Crippen molar-refractivity contribution in [3.63, 3.8) is 0 Å². The van der Waals surface area contributed by atoms with Crippen molar-refractivity contribution in [2.75, 3.05) is 12.3 Å². The van der Waals surface area contributed by atoms with Crippen molar-refractivity contribution >= 4 is 9.84 Å². The van der Waals surface area contributed by atoms with E-state index in [2.05, 4.69) is 5.32 Å². The monoisotopic (exact) mass is 265 g/mol. The highest BCUT2D eigenvalue weighted by Crippen LogP contribution is 2.13. The number of rotatable bonds is 6. The van der Waals surface area contributed by atoms with Crippen LogP contribution in [0.3, 0.4) is 0 Å². The maximum absolute atomic E-state index is 11.9. The third-order valence-electron chi connectivity index (χ3n) is 2.80. The molecule has 0 aliphatic heterocycles. The number of aliphatic hydroxyl groups excluding tert-OH is 1. The Morgan fingerprint density at radius 2 is 1.65 bits per heavy atom. The SMILES string of the molecule is CC(C)C(C)S(=O)(=O)CC(O)CNC(C)(C)C. The summed E-state index contributed by atoms with van der Waals surface area (Å²) in [5, 5.41) is 12.4. The minimum absolute atomic E-state index is 0.0720. The molecule has 0 aromatic heterocycles. The van der Waals surface area contributed by atoms with Gasteiger partial charge in [0.05, 0.1) is 17.1 Å². The van der Waals surface area contributed by atoms with E-state index >= 15 is 0 Å². The first-order chi connectivity index (χ1) is 7.46. The van der Waals surface area contributed by atoms with Crippen molar-refractivity contribution in [3.8, 4) is 0 Å². The molecule has 17 heavy (non-hydrogen) atoms. The summed E-state index contributed by atoms with van der Waals surface area (Å²) < 4.78 is 23.8. The molecule has 0 aliphatic carbocycles.